The summed E-state index contributed by atoms with van der Waals surface area (Å²) in [6, 6.07) is 6.87. The lowest BCUT2D eigenvalue weighted by Crippen LogP contribution is -2.46. The number of nitrogens with one attached hydrogen (secondary N) is 1. The molecular formula is C26H46BNO3. The van der Waals surface area contributed by atoms with Gasteiger partial charge in [-0.3, -0.25) is 4.79 Å². The molecule has 0 heterocycles. The fourth-order valence-corrected chi connectivity index (χ4v) is 4.02. The van der Waals surface area contributed by atoms with E-state index in [1.165, 1.54) is 70.6 Å². The molecule has 1 amide bonds. The zero-order chi connectivity index (χ0) is 22.7. The molecule has 1 unspecified atom stereocenters. The number of unbranched alkanes of at least 4 members (excludes halogenated alkanes) is 12. The first-order valence-electron chi connectivity index (χ1n) is 12.8. The first-order valence-corrected chi connectivity index (χ1v) is 12.8. The van der Waals surface area contributed by atoms with Gasteiger partial charge in [-0.15, -0.1) is 0 Å². The highest BCUT2D eigenvalue weighted by Gasteiger charge is 2.21. The van der Waals surface area contributed by atoms with Gasteiger partial charge >= 0.3 is 0 Å². The van der Waals surface area contributed by atoms with Gasteiger partial charge in [0.05, 0.1) is 18.8 Å². The molecule has 4 nitrogen and oxygen atoms in total. The Kier molecular flexibility index (Phi) is 16.3. The normalized spacial score (nSPS) is 13.0. The van der Waals surface area contributed by atoms with Crippen LogP contribution in [0.1, 0.15) is 107 Å². The molecule has 31 heavy (non-hydrogen) atoms. The predicted octanol–water partition coefficient (Wildman–Crippen LogP) is 4.73. The third-order valence-electron chi connectivity index (χ3n) is 6.18. The van der Waals surface area contributed by atoms with Gasteiger partial charge in [-0.05, 0) is 12.5 Å². The summed E-state index contributed by atoms with van der Waals surface area (Å²) in [7, 11) is 0.867. The molecule has 0 aromatic heterocycles. The van der Waals surface area contributed by atoms with Crippen LogP contribution in [0.25, 0.3) is 0 Å². The van der Waals surface area contributed by atoms with Gasteiger partial charge in [0.2, 0.25) is 0 Å². The van der Waals surface area contributed by atoms with Crippen LogP contribution in [-0.4, -0.2) is 42.2 Å². The molecule has 176 valence electrons. The number of carbonyl (C=O) groups is 1. The van der Waals surface area contributed by atoms with E-state index in [0.29, 0.717) is 12.0 Å². The Morgan fingerprint density at radius 1 is 0.935 bits per heavy atom. The average molecular weight is 431 g/mol. The zero-order valence-electron chi connectivity index (χ0n) is 20.1. The molecule has 0 aliphatic rings. The molecular weight excluding hydrogens is 385 g/mol. The van der Waals surface area contributed by atoms with E-state index in [-0.39, 0.29) is 12.5 Å². The maximum Gasteiger partial charge on any atom is 0.251 e. The highest BCUT2D eigenvalue weighted by Crippen LogP contribution is 2.14. The van der Waals surface area contributed by atoms with Crippen molar-refractivity contribution in [3.63, 3.8) is 0 Å². The lowest BCUT2D eigenvalue weighted by atomic mass is 9.73. The van der Waals surface area contributed by atoms with Crippen molar-refractivity contribution in [2.45, 2.75) is 116 Å². The molecule has 0 spiro atoms. The molecule has 1 aromatic rings. The summed E-state index contributed by atoms with van der Waals surface area (Å²) in [6.45, 7) is 4.06. The number of hydrogen-bond acceptors (Lipinski definition) is 3. The lowest BCUT2D eigenvalue weighted by Gasteiger charge is -2.22. The number of aliphatic hydroxyl groups is 2. The van der Waals surface area contributed by atoms with E-state index in [0.717, 1.165) is 25.6 Å². The van der Waals surface area contributed by atoms with E-state index >= 15 is 0 Å². The monoisotopic (exact) mass is 431 g/mol. The van der Waals surface area contributed by atoms with Gasteiger partial charge in [0.15, 0.2) is 7.28 Å². The Hall–Kier alpha value is -1.33. The maximum absolute atomic E-state index is 12.4. The smallest absolute Gasteiger partial charge is 0.251 e. The Bertz CT molecular complexity index is 582. The summed E-state index contributed by atoms with van der Waals surface area (Å²) in [5.74, 6) is -0.237. The van der Waals surface area contributed by atoms with Crippen molar-refractivity contribution in [3.8, 4) is 0 Å². The van der Waals surface area contributed by atoms with Gasteiger partial charge < -0.3 is 15.5 Å². The third kappa shape index (κ3) is 13.0. The second-order valence-electron chi connectivity index (χ2n) is 8.92. The molecule has 0 fully saturated rings. The van der Waals surface area contributed by atoms with Gasteiger partial charge in [0.1, 0.15) is 0 Å². The van der Waals surface area contributed by atoms with Crippen molar-refractivity contribution in [3.05, 3.63) is 29.8 Å². The van der Waals surface area contributed by atoms with E-state index in [2.05, 4.69) is 12.2 Å². The summed E-state index contributed by atoms with van der Waals surface area (Å²) in [6.07, 6.45) is 16.7. The van der Waals surface area contributed by atoms with E-state index in [1.807, 2.05) is 25.0 Å². The molecule has 0 radical (unpaired) electrons. The maximum atomic E-state index is 12.4. The molecule has 1 aromatic carbocycles. The number of aliphatic hydroxyl groups excluding tert-OH is 2. The lowest BCUT2D eigenvalue weighted by molar-refractivity contribution is 0.0662. The van der Waals surface area contributed by atoms with Gasteiger partial charge in [0.25, 0.3) is 5.91 Å². The zero-order valence-corrected chi connectivity index (χ0v) is 20.1. The minimum absolute atomic E-state index is 0.237. The Morgan fingerprint density at radius 2 is 1.48 bits per heavy atom. The third-order valence-corrected chi connectivity index (χ3v) is 6.18. The summed E-state index contributed by atoms with van der Waals surface area (Å²) in [4.78, 5) is 12.4. The highest BCUT2D eigenvalue weighted by atomic mass is 16.3. The number of rotatable bonds is 19. The van der Waals surface area contributed by atoms with Gasteiger partial charge in [0, 0.05) is 5.56 Å². The van der Waals surface area contributed by atoms with Crippen LogP contribution in [0.4, 0.5) is 0 Å². The minimum atomic E-state index is -0.712. The minimum Gasteiger partial charge on any atom is -0.394 e. The topological polar surface area (TPSA) is 69.6 Å². The van der Waals surface area contributed by atoms with Crippen molar-refractivity contribution in [1.29, 1.82) is 0 Å². The standard InChI is InChI=1S/C26H46BNO3/c1-3-4-5-6-7-8-9-10-11-12-13-14-15-19-25(30)24(21-29)28-26(31)22-17-16-18-23(20-22)27-2/h16-18,20,24-25,27,29-30H,3-15,19,21H2,1-2H3,(H,28,31)/t24-,25?/m0/s1. The van der Waals surface area contributed by atoms with Gasteiger partial charge in [-0.25, -0.2) is 0 Å². The quantitative estimate of drug-likeness (QED) is 0.219. The van der Waals surface area contributed by atoms with E-state index in [9.17, 15) is 15.0 Å². The molecule has 5 heteroatoms. The van der Waals surface area contributed by atoms with Crippen LogP contribution < -0.4 is 10.8 Å². The molecule has 0 saturated carbocycles. The number of benzene rings is 1. The molecule has 3 N–H and O–H groups in total. The molecule has 1 rings (SSSR count). The van der Waals surface area contributed by atoms with Crippen molar-refractivity contribution in [2.75, 3.05) is 6.61 Å². The number of carbonyl (C=O) groups excluding carboxylic acids is 1. The number of amides is 1. The predicted molar refractivity (Wildman–Crippen MR) is 134 cm³/mol. The molecule has 0 aliphatic carbocycles. The Morgan fingerprint density at radius 3 is 2.00 bits per heavy atom. The van der Waals surface area contributed by atoms with Crippen molar-refractivity contribution >= 4 is 18.6 Å². The Balaban J connectivity index is 2.10. The van der Waals surface area contributed by atoms with Gasteiger partial charge in [-0.2, -0.15) is 0 Å². The summed E-state index contributed by atoms with van der Waals surface area (Å²) >= 11 is 0. The fraction of sp³-hybridized carbons (Fsp3) is 0.731. The summed E-state index contributed by atoms with van der Waals surface area (Å²) in [5.41, 5.74) is 1.67. The second kappa shape index (κ2) is 18.3. The van der Waals surface area contributed by atoms with Crippen LogP contribution in [-0.2, 0) is 0 Å². The van der Waals surface area contributed by atoms with Crippen LogP contribution in [0, 0.1) is 0 Å². The van der Waals surface area contributed by atoms with Crippen LogP contribution in [0.15, 0.2) is 24.3 Å². The van der Waals surface area contributed by atoms with E-state index in [1.54, 1.807) is 6.07 Å². The van der Waals surface area contributed by atoms with Crippen LogP contribution in [0.3, 0.4) is 0 Å². The first-order chi connectivity index (χ1) is 15.1. The highest BCUT2D eigenvalue weighted by molar-refractivity contribution is 6.52. The molecule has 0 saturated heterocycles. The van der Waals surface area contributed by atoms with Crippen molar-refractivity contribution < 1.29 is 15.0 Å². The number of hydrogen-bond donors (Lipinski definition) is 3. The summed E-state index contributed by atoms with van der Waals surface area (Å²) < 4.78 is 0. The summed E-state index contributed by atoms with van der Waals surface area (Å²) in [5, 5.41) is 22.8. The van der Waals surface area contributed by atoms with Gasteiger partial charge in [-0.1, -0.05) is 121 Å². The Labute approximate surface area is 191 Å². The van der Waals surface area contributed by atoms with E-state index in [4.69, 9.17) is 0 Å². The largest absolute Gasteiger partial charge is 0.394 e. The SMILES string of the molecule is CBc1cccc(C(=O)N[C@@H](CO)C(O)CCCCCCCCCCCCCCC)c1. The van der Waals surface area contributed by atoms with E-state index < -0.39 is 12.1 Å². The molecule has 0 aliphatic heterocycles. The average Bonchev–Trinajstić information content (AvgIpc) is 2.80. The fourth-order valence-electron chi connectivity index (χ4n) is 4.02. The van der Waals surface area contributed by atoms with Crippen LogP contribution in [0.2, 0.25) is 6.82 Å². The van der Waals surface area contributed by atoms with Crippen LogP contribution >= 0.6 is 0 Å². The second-order valence-corrected chi connectivity index (χ2v) is 8.92. The molecule has 2 atom stereocenters. The van der Waals surface area contributed by atoms with Crippen molar-refractivity contribution in [1.82, 2.24) is 5.32 Å². The van der Waals surface area contributed by atoms with Crippen molar-refractivity contribution in [2.24, 2.45) is 0 Å². The van der Waals surface area contributed by atoms with Crippen LogP contribution in [0.5, 0.6) is 0 Å². The molecule has 0 bridgehead atoms. The first kappa shape index (κ1) is 27.7.